The Kier molecular flexibility index (Phi) is 3.96. The molecule has 0 bridgehead atoms. The van der Waals surface area contributed by atoms with Crippen molar-refractivity contribution in [1.29, 1.82) is 0 Å². The van der Waals surface area contributed by atoms with E-state index in [2.05, 4.69) is 0 Å². The Morgan fingerprint density at radius 1 is 1.38 bits per heavy atom. The zero-order valence-electron chi connectivity index (χ0n) is 9.61. The molecule has 0 saturated carbocycles. The smallest absolute Gasteiger partial charge is 0.333 e. The molecule has 90 valence electrons. The second-order valence-electron chi connectivity index (χ2n) is 4.33. The van der Waals surface area contributed by atoms with Gasteiger partial charge in [-0.3, -0.25) is 0 Å². The van der Waals surface area contributed by atoms with Crippen LogP contribution in [0.1, 0.15) is 26.2 Å². The molecule has 4 heteroatoms. The van der Waals surface area contributed by atoms with Crippen LogP contribution in [0.3, 0.4) is 0 Å². The SMILES string of the molecule is CC(=CCCCC1CO1)C(=O)OCC1CO1. The average Bonchev–Trinajstić information content (AvgIpc) is 3.14. The average molecular weight is 226 g/mol. The van der Waals surface area contributed by atoms with Crippen molar-refractivity contribution < 1.29 is 19.0 Å². The third kappa shape index (κ3) is 4.33. The maximum absolute atomic E-state index is 11.4. The molecule has 2 fully saturated rings. The molecular weight excluding hydrogens is 208 g/mol. The fourth-order valence-electron chi connectivity index (χ4n) is 1.43. The van der Waals surface area contributed by atoms with Crippen molar-refractivity contribution in [2.24, 2.45) is 0 Å². The van der Waals surface area contributed by atoms with Crippen molar-refractivity contribution in [3.8, 4) is 0 Å². The minimum absolute atomic E-state index is 0.142. The molecule has 2 aliphatic rings. The summed E-state index contributed by atoms with van der Waals surface area (Å²) in [6, 6.07) is 0. The van der Waals surface area contributed by atoms with Gasteiger partial charge in [0.05, 0.1) is 19.3 Å². The summed E-state index contributed by atoms with van der Waals surface area (Å²) in [5.74, 6) is -0.224. The van der Waals surface area contributed by atoms with Crippen LogP contribution in [0.15, 0.2) is 11.6 Å². The highest BCUT2D eigenvalue weighted by molar-refractivity contribution is 5.87. The van der Waals surface area contributed by atoms with Crippen LogP contribution in [0.5, 0.6) is 0 Å². The molecule has 16 heavy (non-hydrogen) atoms. The fraction of sp³-hybridized carbons (Fsp3) is 0.750. The van der Waals surface area contributed by atoms with Gasteiger partial charge < -0.3 is 14.2 Å². The lowest BCUT2D eigenvalue weighted by Crippen LogP contribution is -2.10. The van der Waals surface area contributed by atoms with Gasteiger partial charge in [-0.15, -0.1) is 0 Å². The van der Waals surface area contributed by atoms with Crippen LogP contribution in [-0.2, 0) is 19.0 Å². The van der Waals surface area contributed by atoms with Crippen molar-refractivity contribution >= 4 is 5.97 Å². The number of esters is 1. The molecule has 0 spiro atoms. The molecule has 0 aromatic heterocycles. The van der Waals surface area contributed by atoms with E-state index in [1.54, 1.807) is 6.92 Å². The summed E-state index contributed by atoms with van der Waals surface area (Å²) in [5.41, 5.74) is 0.692. The van der Waals surface area contributed by atoms with Crippen molar-refractivity contribution in [3.63, 3.8) is 0 Å². The number of rotatable bonds is 7. The second kappa shape index (κ2) is 5.46. The van der Waals surface area contributed by atoms with Gasteiger partial charge in [-0.1, -0.05) is 6.08 Å². The van der Waals surface area contributed by atoms with Crippen LogP contribution >= 0.6 is 0 Å². The number of hydrogen-bond acceptors (Lipinski definition) is 4. The summed E-state index contributed by atoms with van der Waals surface area (Å²) in [7, 11) is 0. The van der Waals surface area contributed by atoms with E-state index in [1.165, 1.54) is 0 Å². The summed E-state index contributed by atoms with van der Waals surface area (Å²) >= 11 is 0. The van der Waals surface area contributed by atoms with E-state index in [0.29, 0.717) is 18.3 Å². The number of carbonyl (C=O) groups is 1. The minimum Gasteiger partial charge on any atom is -0.459 e. The van der Waals surface area contributed by atoms with Gasteiger partial charge in [-0.2, -0.15) is 0 Å². The van der Waals surface area contributed by atoms with Gasteiger partial charge >= 0.3 is 5.97 Å². The maximum Gasteiger partial charge on any atom is 0.333 e. The highest BCUT2D eigenvalue weighted by Gasteiger charge is 2.24. The Bertz CT molecular complexity index is 277. The molecule has 2 atom stereocenters. The van der Waals surface area contributed by atoms with Gasteiger partial charge in [0.1, 0.15) is 12.7 Å². The predicted molar refractivity (Wildman–Crippen MR) is 58.0 cm³/mol. The van der Waals surface area contributed by atoms with E-state index in [4.69, 9.17) is 14.2 Å². The predicted octanol–water partition coefficient (Wildman–Crippen LogP) is 1.44. The molecule has 0 radical (unpaired) electrons. The first-order chi connectivity index (χ1) is 7.75. The monoisotopic (exact) mass is 226 g/mol. The van der Waals surface area contributed by atoms with E-state index in [-0.39, 0.29) is 12.1 Å². The highest BCUT2D eigenvalue weighted by Crippen LogP contribution is 2.17. The van der Waals surface area contributed by atoms with Gasteiger partial charge in [0.2, 0.25) is 0 Å². The highest BCUT2D eigenvalue weighted by atomic mass is 16.6. The summed E-state index contributed by atoms with van der Waals surface area (Å²) in [5, 5.41) is 0. The Labute approximate surface area is 95.6 Å². The van der Waals surface area contributed by atoms with Gasteiger partial charge in [-0.25, -0.2) is 4.79 Å². The number of carbonyl (C=O) groups excluding carboxylic acids is 1. The van der Waals surface area contributed by atoms with Crippen LogP contribution in [0.25, 0.3) is 0 Å². The Hall–Kier alpha value is -0.870. The molecule has 0 amide bonds. The fourth-order valence-corrected chi connectivity index (χ4v) is 1.43. The summed E-state index contributed by atoms with van der Waals surface area (Å²) < 4.78 is 15.1. The molecule has 2 heterocycles. The van der Waals surface area contributed by atoms with Crippen molar-refractivity contribution in [2.45, 2.75) is 38.4 Å². The lowest BCUT2D eigenvalue weighted by molar-refractivity contribution is -0.139. The first-order valence-corrected chi connectivity index (χ1v) is 5.83. The topological polar surface area (TPSA) is 51.4 Å². The number of unbranched alkanes of at least 4 members (excludes halogenated alkanes) is 1. The van der Waals surface area contributed by atoms with E-state index in [9.17, 15) is 4.79 Å². The van der Waals surface area contributed by atoms with E-state index in [1.807, 2.05) is 6.08 Å². The molecule has 0 N–H and O–H groups in total. The van der Waals surface area contributed by atoms with Crippen LogP contribution in [0.4, 0.5) is 0 Å². The number of epoxide rings is 2. The van der Waals surface area contributed by atoms with Gasteiger partial charge in [-0.05, 0) is 26.2 Å². The van der Waals surface area contributed by atoms with Gasteiger partial charge in [0, 0.05) is 5.57 Å². The summed E-state index contributed by atoms with van der Waals surface area (Å²) in [6.07, 6.45) is 5.64. The molecule has 2 rings (SSSR count). The first kappa shape index (κ1) is 11.6. The summed E-state index contributed by atoms with van der Waals surface area (Å²) in [4.78, 5) is 11.4. The molecule has 0 aromatic rings. The molecule has 2 saturated heterocycles. The van der Waals surface area contributed by atoms with Crippen molar-refractivity contribution in [3.05, 3.63) is 11.6 Å². The third-order valence-electron chi connectivity index (χ3n) is 2.71. The number of ether oxygens (including phenoxy) is 3. The molecule has 4 nitrogen and oxygen atoms in total. The van der Waals surface area contributed by atoms with Crippen molar-refractivity contribution in [2.75, 3.05) is 19.8 Å². The van der Waals surface area contributed by atoms with E-state index < -0.39 is 0 Å². The molecular formula is C12H18O4. The number of allylic oxidation sites excluding steroid dienone is 1. The normalized spacial score (nSPS) is 27.7. The first-order valence-electron chi connectivity index (χ1n) is 5.83. The quantitative estimate of drug-likeness (QED) is 0.285. The Morgan fingerprint density at radius 2 is 2.06 bits per heavy atom. The number of hydrogen-bond donors (Lipinski definition) is 0. The van der Waals surface area contributed by atoms with E-state index >= 15 is 0 Å². The van der Waals surface area contributed by atoms with Gasteiger partial charge in [0.25, 0.3) is 0 Å². The van der Waals surface area contributed by atoms with Crippen LogP contribution in [0, 0.1) is 0 Å². The van der Waals surface area contributed by atoms with Crippen LogP contribution < -0.4 is 0 Å². The lowest BCUT2D eigenvalue weighted by atomic mass is 10.1. The van der Waals surface area contributed by atoms with E-state index in [0.717, 1.165) is 32.5 Å². The Balaban J connectivity index is 1.57. The third-order valence-corrected chi connectivity index (χ3v) is 2.71. The largest absolute Gasteiger partial charge is 0.459 e. The minimum atomic E-state index is -0.224. The van der Waals surface area contributed by atoms with Crippen LogP contribution in [-0.4, -0.2) is 38.0 Å². The van der Waals surface area contributed by atoms with Crippen molar-refractivity contribution in [1.82, 2.24) is 0 Å². The molecule has 0 aliphatic carbocycles. The van der Waals surface area contributed by atoms with Crippen LogP contribution in [0.2, 0.25) is 0 Å². The lowest BCUT2D eigenvalue weighted by Gasteiger charge is -2.02. The standard InChI is InChI=1S/C12H18O4/c1-9(4-2-3-5-10-6-14-10)12(13)16-8-11-7-15-11/h4,10-11H,2-3,5-8H2,1H3. The molecule has 2 aliphatic heterocycles. The molecule has 2 unspecified atom stereocenters. The summed E-state index contributed by atoms with van der Waals surface area (Å²) in [6.45, 7) is 3.81. The zero-order valence-corrected chi connectivity index (χ0v) is 9.61. The molecule has 0 aromatic carbocycles. The maximum atomic E-state index is 11.4. The Morgan fingerprint density at radius 3 is 2.69 bits per heavy atom. The second-order valence-corrected chi connectivity index (χ2v) is 4.33. The zero-order chi connectivity index (χ0) is 11.4. The van der Waals surface area contributed by atoms with Gasteiger partial charge in [0.15, 0.2) is 0 Å².